The zero-order chi connectivity index (χ0) is 15.4. The summed E-state index contributed by atoms with van der Waals surface area (Å²) < 4.78 is 0. The summed E-state index contributed by atoms with van der Waals surface area (Å²) >= 11 is 0. The van der Waals surface area contributed by atoms with E-state index >= 15 is 0 Å². The first-order valence-electron chi connectivity index (χ1n) is 9.64. The predicted octanol–water partition coefficient (Wildman–Crippen LogP) is 7.03. The first-order valence-corrected chi connectivity index (χ1v) is 11.1. The van der Waals surface area contributed by atoms with E-state index in [0.29, 0.717) is 5.92 Å². The molecule has 0 aliphatic heterocycles. The number of rotatable bonds is 5. The first kappa shape index (κ1) is 16.5. The normalized spacial score (nSPS) is 28.3. The molecule has 2 atom stereocenters. The van der Waals surface area contributed by atoms with Crippen LogP contribution in [0.2, 0.25) is 0 Å². The quantitative estimate of drug-likeness (QED) is 0.478. The van der Waals surface area contributed by atoms with Crippen LogP contribution in [-0.2, 0) is 0 Å². The number of allylic oxidation sites excluding steroid dienone is 6. The van der Waals surface area contributed by atoms with E-state index in [1.165, 1.54) is 57.8 Å². The van der Waals surface area contributed by atoms with Crippen LogP contribution in [0.4, 0.5) is 0 Å². The predicted molar refractivity (Wildman–Crippen MR) is 101 cm³/mol. The van der Waals surface area contributed by atoms with Gasteiger partial charge >= 0.3 is 0 Å². The lowest BCUT2D eigenvalue weighted by atomic mass is 9.91. The van der Waals surface area contributed by atoms with E-state index in [0.717, 1.165) is 17.2 Å². The first-order chi connectivity index (χ1) is 10.8. The zero-order valence-corrected chi connectivity index (χ0v) is 15.4. The summed E-state index contributed by atoms with van der Waals surface area (Å²) in [5.74, 6) is 1.43. The van der Waals surface area contributed by atoms with Gasteiger partial charge in [0.2, 0.25) is 0 Å². The van der Waals surface area contributed by atoms with Gasteiger partial charge < -0.3 is 0 Å². The van der Waals surface area contributed by atoms with Gasteiger partial charge in [-0.15, -0.1) is 0 Å². The Balaban J connectivity index is 1.86. The summed E-state index contributed by atoms with van der Waals surface area (Å²) in [6, 6.07) is 0. The number of hydrogen-bond acceptors (Lipinski definition) is 0. The molecule has 0 saturated heterocycles. The molecule has 3 aliphatic rings. The van der Waals surface area contributed by atoms with Gasteiger partial charge in [-0.2, -0.15) is 0 Å². The fourth-order valence-corrected chi connectivity index (χ4v) is 8.42. The molecule has 0 spiro atoms. The third-order valence-electron chi connectivity index (χ3n) is 6.11. The molecule has 0 bridgehead atoms. The maximum Gasteiger partial charge on any atom is -0.00154 e. The summed E-state index contributed by atoms with van der Waals surface area (Å²) in [4.78, 5) is 0. The van der Waals surface area contributed by atoms with Crippen molar-refractivity contribution in [2.75, 3.05) is 0 Å². The van der Waals surface area contributed by atoms with Crippen molar-refractivity contribution in [2.45, 2.75) is 83.0 Å². The summed E-state index contributed by atoms with van der Waals surface area (Å²) in [6.45, 7) is 4.75. The number of hydrogen-bond donors (Lipinski definition) is 0. The topological polar surface area (TPSA) is 0 Å². The SMILES string of the molecule is CCC(C)C1C=CC=CC(P(C2CCCC2)C2CCCC2)=C1. The van der Waals surface area contributed by atoms with Gasteiger partial charge in [0.05, 0.1) is 0 Å². The van der Waals surface area contributed by atoms with Crippen LogP contribution in [0.5, 0.6) is 0 Å². The molecule has 0 heterocycles. The summed E-state index contributed by atoms with van der Waals surface area (Å²) in [5.41, 5.74) is 2.06. The second-order valence-electron chi connectivity index (χ2n) is 7.58. The lowest BCUT2D eigenvalue weighted by molar-refractivity contribution is 0.483. The van der Waals surface area contributed by atoms with Crippen LogP contribution < -0.4 is 0 Å². The van der Waals surface area contributed by atoms with E-state index in [2.05, 4.69) is 44.2 Å². The van der Waals surface area contributed by atoms with Crippen LogP contribution in [0.3, 0.4) is 0 Å². The van der Waals surface area contributed by atoms with Crippen LogP contribution >= 0.6 is 7.92 Å². The fourth-order valence-electron chi connectivity index (χ4n) is 4.54. The standard InChI is InChI=1S/C21H33P/c1-3-17(2)18-10-4-5-15-21(16-18)22(19-11-6-7-12-19)20-13-8-9-14-20/h4-5,10,15-20H,3,6-9,11-14H2,1-2H3. The molecule has 0 nitrogen and oxygen atoms in total. The molecular formula is C21H33P. The van der Waals surface area contributed by atoms with Crippen molar-refractivity contribution in [2.24, 2.45) is 11.8 Å². The van der Waals surface area contributed by atoms with Gasteiger partial charge in [0, 0.05) is 0 Å². The van der Waals surface area contributed by atoms with Gasteiger partial charge in [0.1, 0.15) is 0 Å². The highest BCUT2D eigenvalue weighted by Crippen LogP contribution is 2.62. The molecule has 0 aromatic heterocycles. The van der Waals surface area contributed by atoms with E-state index < -0.39 is 0 Å². The summed E-state index contributed by atoms with van der Waals surface area (Å²) in [5, 5.41) is 1.75. The monoisotopic (exact) mass is 316 g/mol. The molecule has 2 unspecified atom stereocenters. The van der Waals surface area contributed by atoms with Crippen molar-refractivity contribution in [3.05, 3.63) is 35.7 Å². The molecule has 3 aliphatic carbocycles. The van der Waals surface area contributed by atoms with E-state index in [1.807, 2.05) is 0 Å². The average molecular weight is 316 g/mol. The van der Waals surface area contributed by atoms with Gasteiger partial charge in [0.25, 0.3) is 0 Å². The molecule has 0 radical (unpaired) electrons. The fraction of sp³-hybridized carbons (Fsp3) is 0.714. The molecule has 3 rings (SSSR count). The van der Waals surface area contributed by atoms with Gasteiger partial charge in [-0.25, -0.2) is 0 Å². The summed E-state index contributed by atoms with van der Waals surface area (Å²) in [6.07, 6.45) is 25.5. The van der Waals surface area contributed by atoms with Crippen molar-refractivity contribution < 1.29 is 0 Å². The molecular weight excluding hydrogens is 283 g/mol. The lowest BCUT2D eigenvalue weighted by Gasteiger charge is -2.32. The molecule has 2 fully saturated rings. The molecule has 22 heavy (non-hydrogen) atoms. The minimum Gasteiger partial charge on any atom is -0.0773 e. The molecule has 0 aromatic carbocycles. The van der Waals surface area contributed by atoms with E-state index in [1.54, 1.807) is 5.31 Å². The molecule has 2 saturated carbocycles. The Bertz CT molecular complexity index is 417. The zero-order valence-electron chi connectivity index (χ0n) is 14.5. The van der Waals surface area contributed by atoms with Crippen LogP contribution in [-0.4, -0.2) is 11.3 Å². The third kappa shape index (κ3) is 3.76. The summed E-state index contributed by atoms with van der Waals surface area (Å²) in [7, 11) is 0.0798. The Kier molecular flexibility index (Phi) is 5.97. The molecule has 0 aromatic rings. The van der Waals surface area contributed by atoms with Crippen molar-refractivity contribution in [1.29, 1.82) is 0 Å². The largest absolute Gasteiger partial charge is 0.0773 e. The Morgan fingerprint density at radius 1 is 1.00 bits per heavy atom. The highest BCUT2D eigenvalue weighted by molar-refractivity contribution is 7.63. The second-order valence-corrected chi connectivity index (χ2v) is 10.4. The Labute approximate surface area is 138 Å². The van der Waals surface area contributed by atoms with Gasteiger partial charge in [-0.05, 0) is 54.2 Å². The highest BCUT2D eigenvalue weighted by atomic mass is 31.1. The average Bonchev–Trinajstić information content (AvgIpc) is 3.19. The molecule has 0 N–H and O–H groups in total. The molecule has 0 amide bonds. The van der Waals surface area contributed by atoms with Crippen molar-refractivity contribution in [3.63, 3.8) is 0 Å². The van der Waals surface area contributed by atoms with Crippen LogP contribution in [0.25, 0.3) is 0 Å². The van der Waals surface area contributed by atoms with Crippen molar-refractivity contribution in [1.82, 2.24) is 0 Å². The molecule has 1 heteroatoms. The van der Waals surface area contributed by atoms with Crippen molar-refractivity contribution >= 4 is 7.92 Å². The van der Waals surface area contributed by atoms with Crippen LogP contribution in [0, 0.1) is 11.8 Å². The lowest BCUT2D eigenvalue weighted by Crippen LogP contribution is -2.12. The Morgan fingerprint density at radius 2 is 1.59 bits per heavy atom. The van der Waals surface area contributed by atoms with Crippen LogP contribution in [0.1, 0.15) is 71.6 Å². The minimum absolute atomic E-state index is 0.0798. The third-order valence-corrected chi connectivity index (χ3v) is 9.61. The van der Waals surface area contributed by atoms with E-state index in [-0.39, 0.29) is 7.92 Å². The Hall–Kier alpha value is -0.350. The van der Waals surface area contributed by atoms with Gasteiger partial charge in [0.15, 0.2) is 0 Å². The molecule has 122 valence electrons. The van der Waals surface area contributed by atoms with Gasteiger partial charge in [-0.3, -0.25) is 0 Å². The highest BCUT2D eigenvalue weighted by Gasteiger charge is 2.34. The van der Waals surface area contributed by atoms with Crippen LogP contribution in [0.15, 0.2) is 35.7 Å². The van der Waals surface area contributed by atoms with E-state index in [4.69, 9.17) is 0 Å². The minimum atomic E-state index is 0.0798. The maximum atomic E-state index is 2.68. The van der Waals surface area contributed by atoms with E-state index in [9.17, 15) is 0 Å². The smallest absolute Gasteiger partial charge is 0.00154 e. The van der Waals surface area contributed by atoms with Crippen molar-refractivity contribution in [3.8, 4) is 0 Å². The van der Waals surface area contributed by atoms with Gasteiger partial charge in [-0.1, -0.05) is 84.3 Å². The Morgan fingerprint density at radius 3 is 2.14 bits per heavy atom. The maximum absolute atomic E-state index is 2.68. The second kappa shape index (κ2) is 7.96.